The van der Waals surface area contributed by atoms with Gasteiger partial charge in [-0.3, -0.25) is 19.7 Å². The first-order chi connectivity index (χ1) is 10.8. The fourth-order valence-corrected chi connectivity index (χ4v) is 2.61. The molecular formula is C13H9F2N3O5. The number of hydrogen-bond donors (Lipinski definition) is 1. The second-order valence-electron chi connectivity index (χ2n) is 5.09. The summed E-state index contributed by atoms with van der Waals surface area (Å²) in [7, 11) is 0. The van der Waals surface area contributed by atoms with Gasteiger partial charge in [-0.15, -0.1) is 0 Å². The number of nitro benzene ring substituents is 1. The van der Waals surface area contributed by atoms with E-state index in [0.717, 1.165) is 6.20 Å². The van der Waals surface area contributed by atoms with Crippen LogP contribution >= 0.6 is 0 Å². The molecule has 120 valence electrons. The maximum absolute atomic E-state index is 14.1. The molecule has 0 aliphatic carbocycles. The van der Waals surface area contributed by atoms with Gasteiger partial charge in [0.05, 0.1) is 11.0 Å². The number of benzene rings is 1. The summed E-state index contributed by atoms with van der Waals surface area (Å²) in [5.41, 5.74) is 1.79. The Hall–Kier alpha value is -3.04. The lowest BCUT2D eigenvalue weighted by molar-refractivity contribution is -0.386. The van der Waals surface area contributed by atoms with Gasteiger partial charge in [-0.2, -0.15) is 8.78 Å². The summed E-state index contributed by atoms with van der Waals surface area (Å²) >= 11 is 0. The predicted molar refractivity (Wildman–Crippen MR) is 73.5 cm³/mol. The third-order valence-electron chi connectivity index (χ3n) is 3.68. The first kappa shape index (κ1) is 14.9. The normalized spacial score (nSPS) is 16.2. The van der Waals surface area contributed by atoms with Crippen molar-refractivity contribution in [2.45, 2.75) is 13.0 Å². The van der Waals surface area contributed by atoms with Crippen molar-refractivity contribution in [3.63, 3.8) is 0 Å². The minimum Gasteiger partial charge on any atom is -0.486 e. The van der Waals surface area contributed by atoms with E-state index in [0.29, 0.717) is 0 Å². The predicted octanol–water partition coefficient (Wildman–Crippen LogP) is 1.24. The SMILES string of the molecule is C[C@H]1COc2c(F)c(F)c([N+](=O)[O-])c3c(=O)c(C(N)=O)cn1c23. The highest BCUT2D eigenvalue weighted by Crippen LogP contribution is 2.40. The monoisotopic (exact) mass is 325 g/mol. The molecule has 1 aromatic heterocycles. The average Bonchev–Trinajstić information content (AvgIpc) is 2.47. The van der Waals surface area contributed by atoms with Gasteiger partial charge in [-0.25, -0.2) is 0 Å². The zero-order valence-electron chi connectivity index (χ0n) is 11.6. The molecule has 0 fully saturated rings. The third kappa shape index (κ3) is 1.87. The number of pyridine rings is 1. The molecule has 2 heterocycles. The lowest BCUT2D eigenvalue weighted by Crippen LogP contribution is -2.30. The summed E-state index contributed by atoms with van der Waals surface area (Å²) in [6, 6.07) is -0.479. The van der Waals surface area contributed by atoms with Gasteiger partial charge in [0.1, 0.15) is 23.1 Å². The summed E-state index contributed by atoms with van der Waals surface area (Å²) < 4.78 is 34.5. The quantitative estimate of drug-likeness (QED) is 0.658. The van der Waals surface area contributed by atoms with Crippen LogP contribution < -0.4 is 15.9 Å². The first-order valence-corrected chi connectivity index (χ1v) is 6.42. The number of nitro groups is 1. The standard InChI is InChI=1S/C13H9F2N3O5/c1-4-3-23-12-8(15)7(14)9(18(21)22)6-10(12)17(4)2-5(11(6)19)13(16)20/h2,4H,3H2,1H3,(H2,16,20)/t4-/m0/s1. The minimum absolute atomic E-state index is 0.0721. The molecule has 8 nitrogen and oxygen atoms in total. The molecule has 1 aromatic carbocycles. The summed E-state index contributed by atoms with van der Waals surface area (Å²) in [5.74, 6) is -5.11. The van der Waals surface area contributed by atoms with E-state index in [2.05, 4.69) is 0 Å². The van der Waals surface area contributed by atoms with E-state index in [4.69, 9.17) is 10.5 Å². The van der Waals surface area contributed by atoms with Crippen molar-refractivity contribution in [2.75, 3.05) is 6.61 Å². The minimum atomic E-state index is -1.82. The van der Waals surface area contributed by atoms with Crippen molar-refractivity contribution >= 4 is 22.5 Å². The number of carbonyl (C=O) groups excluding carboxylic acids is 1. The van der Waals surface area contributed by atoms with E-state index < -0.39 is 56.3 Å². The van der Waals surface area contributed by atoms with E-state index in [1.54, 1.807) is 6.92 Å². The molecule has 1 amide bonds. The van der Waals surface area contributed by atoms with Crippen molar-refractivity contribution in [2.24, 2.45) is 5.73 Å². The van der Waals surface area contributed by atoms with Gasteiger partial charge in [0, 0.05) is 6.20 Å². The molecule has 23 heavy (non-hydrogen) atoms. The number of amides is 1. The molecule has 1 aliphatic heterocycles. The number of aromatic nitrogens is 1. The molecule has 0 bridgehead atoms. The van der Waals surface area contributed by atoms with E-state index in [9.17, 15) is 28.5 Å². The van der Waals surface area contributed by atoms with Crippen molar-refractivity contribution in [3.8, 4) is 5.75 Å². The second-order valence-corrected chi connectivity index (χ2v) is 5.09. The van der Waals surface area contributed by atoms with Crippen molar-refractivity contribution in [3.05, 3.63) is 43.7 Å². The van der Waals surface area contributed by atoms with Crippen LogP contribution in [0, 0.1) is 21.7 Å². The first-order valence-electron chi connectivity index (χ1n) is 6.42. The number of ether oxygens (including phenoxy) is 1. The summed E-state index contributed by atoms with van der Waals surface area (Å²) in [6.45, 7) is 1.54. The Bertz CT molecular complexity index is 953. The Morgan fingerprint density at radius 2 is 2.13 bits per heavy atom. The molecule has 1 atom stereocenters. The highest BCUT2D eigenvalue weighted by atomic mass is 19.2. The molecule has 10 heteroatoms. The molecule has 0 unspecified atom stereocenters. The Balaban J connectivity index is 2.69. The molecule has 0 radical (unpaired) electrons. The lowest BCUT2D eigenvalue weighted by Gasteiger charge is -2.27. The van der Waals surface area contributed by atoms with Crippen LogP contribution in [0.2, 0.25) is 0 Å². The molecule has 2 N–H and O–H groups in total. The van der Waals surface area contributed by atoms with Gasteiger partial charge in [0.25, 0.3) is 5.91 Å². The third-order valence-corrected chi connectivity index (χ3v) is 3.68. The smallest absolute Gasteiger partial charge is 0.321 e. The number of primary amides is 1. The molecule has 0 saturated heterocycles. The molecule has 2 aromatic rings. The van der Waals surface area contributed by atoms with Crippen molar-refractivity contribution in [1.82, 2.24) is 4.57 Å². The molecule has 1 aliphatic rings. The zero-order chi connectivity index (χ0) is 17.0. The molecular weight excluding hydrogens is 316 g/mol. The van der Waals surface area contributed by atoms with Crippen molar-refractivity contribution < 1.29 is 23.2 Å². The second kappa shape index (κ2) is 4.73. The number of carbonyl (C=O) groups is 1. The Morgan fingerprint density at radius 1 is 1.48 bits per heavy atom. The Kier molecular flexibility index (Phi) is 3.06. The van der Waals surface area contributed by atoms with Gasteiger partial charge in [-0.05, 0) is 6.92 Å². The van der Waals surface area contributed by atoms with E-state index >= 15 is 0 Å². The molecule has 0 saturated carbocycles. The highest BCUT2D eigenvalue weighted by Gasteiger charge is 2.36. The molecule has 3 rings (SSSR count). The summed E-state index contributed by atoms with van der Waals surface area (Å²) in [4.78, 5) is 33.7. The fourth-order valence-electron chi connectivity index (χ4n) is 2.61. The highest BCUT2D eigenvalue weighted by molar-refractivity contribution is 6.00. The van der Waals surface area contributed by atoms with Crippen LogP contribution in [0.4, 0.5) is 14.5 Å². The number of halogens is 2. The van der Waals surface area contributed by atoms with E-state index in [1.807, 2.05) is 0 Å². The van der Waals surface area contributed by atoms with Gasteiger partial charge in [0.15, 0.2) is 5.75 Å². The van der Waals surface area contributed by atoms with Gasteiger partial charge in [0.2, 0.25) is 17.1 Å². The van der Waals surface area contributed by atoms with Crippen LogP contribution in [0.1, 0.15) is 23.3 Å². The number of nitrogens with two attached hydrogens (primary N) is 1. The van der Waals surface area contributed by atoms with Crippen LogP contribution in [0.25, 0.3) is 10.9 Å². The van der Waals surface area contributed by atoms with Gasteiger partial charge in [-0.1, -0.05) is 0 Å². The average molecular weight is 325 g/mol. The Labute approximate surface area is 126 Å². The molecule has 0 spiro atoms. The van der Waals surface area contributed by atoms with Crippen LogP contribution in [-0.4, -0.2) is 22.0 Å². The summed E-state index contributed by atoms with van der Waals surface area (Å²) in [5, 5.41) is 10.4. The number of nitrogens with zero attached hydrogens (tertiary/aromatic N) is 2. The topological polar surface area (TPSA) is 117 Å². The van der Waals surface area contributed by atoms with E-state index in [-0.39, 0.29) is 12.1 Å². The fraction of sp³-hybridized carbons (Fsp3) is 0.231. The number of rotatable bonds is 2. The van der Waals surface area contributed by atoms with Crippen LogP contribution in [0.5, 0.6) is 5.75 Å². The van der Waals surface area contributed by atoms with Crippen LogP contribution in [-0.2, 0) is 0 Å². The zero-order valence-corrected chi connectivity index (χ0v) is 11.6. The largest absolute Gasteiger partial charge is 0.486 e. The summed E-state index contributed by atoms with van der Waals surface area (Å²) in [6.07, 6.45) is 1.07. The van der Waals surface area contributed by atoms with Gasteiger partial charge >= 0.3 is 5.69 Å². The van der Waals surface area contributed by atoms with Crippen LogP contribution in [0.3, 0.4) is 0 Å². The van der Waals surface area contributed by atoms with E-state index in [1.165, 1.54) is 4.57 Å². The number of hydrogen-bond acceptors (Lipinski definition) is 5. The van der Waals surface area contributed by atoms with Gasteiger partial charge < -0.3 is 15.0 Å². The van der Waals surface area contributed by atoms with Crippen LogP contribution in [0.15, 0.2) is 11.0 Å². The Morgan fingerprint density at radius 3 is 2.70 bits per heavy atom. The maximum Gasteiger partial charge on any atom is 0.321 e. The maximum atomic E-state index is 14.1. The lowest BCUT2D eigenvalue weighted by atomic mass is 10.0. The van der Waals surface area contributed by atoms with Crippen molar-refractivity contribution in [1.29, 1.82) is 0 Å².